The molecule has 0 aliphatic rings. The van der Waals surface area contributed by atoms with Gasteiger partial charge in [0.1, 0.15) is 0 Å². The molecule has 3 heteroatoms. The predicted octanol–water partition coefficient (Wildman–Crippen LogP) is 1.49. The summed E-state index contributed by atoms with van der Waals surface area (Å²) in [5.41, 5.74) is 0. The SMILES string of the molecule is COc1cc[c]([Zn])cc1.I. The second-order valence-electron chi connectivity index (χ2n) is 1.85. The summed E-state index contributed by atoms with van der Waals surface area (Å²) in [5.74, 6) is 0.937. The summed E-state index contributed by atoms with van der Waals surface area (Å²) in [6.07, 6.45) is 0. The van der Waals surface area contributed by atoms with Gasteiger partial charge in [-0.05, 0) is 0 Å². The predicted molar refractivity (Wildman–Crippen MR) is 48.0 cm³/mol. The molecule has 0 saturated heterocycles. The first-order valence-electron chi connectivity index (χ1n) is 2.79. The van der Waals surface area contributed by atoms with Crippen LogP contribution in [0.4, 0.5) is 0 Å². The van der Waals surface area contributed by atoms with Crippen LogP contribution < -0.4 is 8.89 Å². The Morgan fingerprint density at radius 2 is 1.70 bits per heavy atom. The van der Waals surface area contributed by atoms with Crippen molar-refractivity contribution >= 4 is 28.1 Å². The number of ether oxygens (including phenoxy) is 1. The molecular weight excluding hydrogens is 292 g/mol. The molecule has 0 aliphatic heterocycles. The molecule has 51 valence electrons. The van der Waals surface area contributed by atoms with Gasteiger partial charge in [-0.3, -0.25) is 0 Å². The summed E-state index contributed by atoms with van der Waals surface area (Å²) in [6, 6.07) is 8.13. The second kappa shape index (κ2) is 5.08. The van der Waals surface area contributed by atoms with Crippen molar-refractivity contribution in [2.24, 2.45) is 0 Å². The average Bonchev–Trinajstić information content (AvgIpc) is 1.90. The standard InChI is InChI=1S/C7H7O.HI.Zn/c1-8-7-5-3-2-4-6-7;;/h3-6H,1H3;1H;. The first-order valence-corrected chi connectivity index (χ1v) is 4.27. The van der Waals surface area contributed by atoms with Crippen molar-refractivity contribution in [3.8, 4) is 5.75 Å². The van der Waals surface area contributed by atoms with Crippen LogP contribution >= 0.6 is 24.0 Å². The summed E-state index contributed by atoms with van der Waals surface area (Å²) in [6.45, 7) is 0. The maximum atomic E-state index is 4.98. The van der Waals surface area contributed by atoms with E-state index in [0.717, 1.165) is 5.75 Å². The van der Waals surface area contributed by atoms with Crippen molar-refractivity contribution in [1.29, 1.82) is 0 Å². The van der Waals surface area contributed by atoms with Gasteiger partial charge in [-0.15, -0.1) is 24.0 Å². The quantitative estimate of drug-likeness (QED) is 0.564. The Bertz CT molecular complexity index is 185. The topological polar surface area (TPSA) is 9.23 Å². The summed E-state index contributed by atoms with van der Waals surface area (Å²) in [5, 5.41) is 0. The van der Waals surface area contributed by atoms with Gasteiger partial charge in [-0.1, -0.05) is 0 Å². The van der Waals surface area contributed by atoms with E-state index in [-0.39, 0.29) is 24.0 Å². The van der Waals surface area contributed by atoms with Crippen LogP contribution in [0.15, 0.2) is 24.3 Å². The van der Waals surface area contributed by atoms with Gasteiger partial charge in [0, 0.05) is 0 Å². The molecule has 0 amide bonds. The van der Waals surface area contributed by atoms with Crippen molar-refractivity contribution in [2.45, 2.75) is 0 Å². The molecule has 1 aromatic rings. The van der Waals surface area contributed by atoms with Gasteiger partial charge in [-0.2, -0.15) is 0 Å². The van der Waals surface area contributed by atoms with Crippen LogP contribution in [0.1, 0.15) is 0 Å². The smallest absolute Gasteiger partial charge is 0.107 e. The molecule has 1 rings (SSSR count). The van der Waals surface area contributed by atoms with Crippen molar-refractivity contribution in [1.82, 2.24) is 0 Å². The van der Waals surface area contributed by atoms with Crippen LogP contribution in [-0.4, -0.2) is 7.11 Å². The first-order chi connectivity index (χ1) is 4.33. The third kappa shape index (κ3) is 2.97. The van der Waals surface area contributed by atoms with Crippen LogP contribution in [0.5, 0.6) is 5.75 Å². The van der Waals surface area contributed by atoms with Gasteiger partial charge in [0.15, 0.2) is 0 Å². The molecule has 1 nitrogen and oxygen atoms in total. The van der Waals surface area contributed by atoms with Gasteiger partial charge in [0.25, 0.3) is 0 Å². The molecule has 0 saturated carbocycles. The Hall–Kier alpha value is 0.373. The van der Waals surface area contributed by atoms with Gasteiger partial charge in [0.2, 0.25) is 0 Å². The van der Waals surface area contributed by atoms with Crippen LogP contribution in [0.3, 0.4) is 0 Å². The molecule has 0 aromatic heterocycles. The molecule has 0 fully saturated rings. The van der Waals surface area contributed by atoms with E-state index in [1.165, 1.54) is 22.5 Å². The van der Waals surface area contributed by atoms with E-state index in [2.05, 4.69) is 12.1 Å². The van der Waals surface area contributed by atoms with E-state index in [9.17, 15) is 0 Å². The van der Waals surface area contributed by atoms with Crippen LogP contribution in [0, 0.1) is 0 Å². The van der Waals surface area contributed by atoms with Gasteiger partial charge in [-0.25, -0.2) is 0 Å². The zero-order valence-electron chi connectivity index (χ0n) is 5.83. The van der Waals surface area contributed by atoms with Crippen LogP contribution in [-0.2, 0) is 18.3 Å². The third-order valence-corrected chi connectivity index (χ3v) is 2.15. The summed E-state index contributed by atoms with van der Waals surface area (Å²) in [4.78, 5) is 0. The first kappa shape index (κ1) is 10.4. The second-order valence-corrected chi connectivity index (χ2v) is 3.56. The Morgan fingerprint density at radius 3 is 2.10 bits per heavy atom. The molecule has 0 N–H and O–H groups in total. The number of halogens is 1. The summed E-state index contributed by atoms with van der Waals surface area (Å²) >= 11 is 1.21. The van der Waals surface area contributed by atoms with Crippen LogP contribution in [0.25, 0.3) is 0 Å². The molecule has 0 unspecified atom stereocenters. The molecule has 0 aliphatic carbocycles. The Kier molecular flexibility index (Phi) is 5.27. The minimum atomic E-state index is 0. The Morgan fingerprint density at radius 1 is 1.20 bits per heavy atom. The largest absolute Gasteiger partial charge is 0.107 e. The molecule has 0 atom stereocenters. The molecule has 0 bridgehead atoms. The van der Waals surface area contributed by atoms with E-state index < -0.39 is 0 Å². The molecule has 0 radical (unpaired) electrons. The molecule has 1 aromatic carbocycles. The van der Waals surface area contributed by atoms with E-state index >= 15 is 0 Å². The van der Waals surface area contributed by atoms with Crippen molar-refractivity contribution in [3.05, 3.63) is 24.3 Å². The summed E-state index contributed by atoms with van der Waals surface area (Å²) < 4.78 is 6.37. The zero-order chi connectivity index (χ0) is 6.69. The van der Waals surface area contributed by atoms with Crippen molar-refractivity contribution in [2.75, 3.05) is 7.11 Å². The molecule has 0 spiro atoms. The Balaban J connectivity index is 0.000000810. The maximum Gasteiger partial charge on any atom is -0.107 e. The minimum Gasteiger partial charge on any atom is -0.107 e. The van der Waals surface area contributed by atoms with Crippen molar-refractivity contribution in [3.63, 3.8) is 0 Å². The van der Waals surface area contributed by atoms with Gasteiger partial charge >= 0.3 is 64.3 Å². The molecular formula is C7H8IOZn. The van der Waals surface area contributed by atoms with E-state index in [4.69, 9.17) is 4.74 Å². The number of rotatable bonds is 1. The van der Waals surface area contributed by atoms with Crippen molar-refractivity contribution < 1.29 is 23.0 Å². The fourth-order valence-corrected chi connectivity index (χ4v) is 1.12. The molecule has 0 heterocycles. The maximum absolute atomic E-state index is 4.98. The normalized spacial score (nSPS) is 8.30. The van der Waals surface area contributed by atoms with Gasteiger partial charge in [0.05, 0.1) is 0 Å². The molecule has 10 heavy (non-hydrogen) atoms. The monoisotopic (exact) mass is 299 g/mol. The fraction of sp³-hybridized carbons (Fsp3) is 0.143. The van der Waals surface area contributed by atoms with E-state index in [1.54, 1.807) is 7.11 Å². The number of hydrogen-bond acceptors (Lipinski definition) is 1. The third-order valence-electron chi connectivity index (χ3n) is 1.16. The zero-order valence-corrected chi connectivity index (χ0v) is 11.1. The number of hydrogen-bond donors (Lipinski definition) is 0. The fourth-order valence-electron chi connectivity index (χ4n) is 0.626. The summed E-state index contributed by atoms with van der Waals surface area (Å²) in [7, 11) is 1.68. The minimum absolute atomic E-state index is 0. The van der Waals surface area contributed by atoms with Crippen LogP contribution in [0.2, 0.25) is 0 Å². The van der Waals surface area contributed by atoms with E-state index in [0.29, 0.717) is 0 Å². The number of methoxy groups -OCH3 is 1. The average molecular weight is 300 g/mol. The van der Waals surface area contributed by atoms with Gasteiger partial charge < -0.3 is 0 Å². The number of benzene rings is 1. The Labute approximate surface area is 87.9 Å². The van der Waals surface area contributed by atoms with E-state index in [1.807, 2.05) is 12.1 Å².